The van der Waals surface area contributed by atoms with Gasteiger partial charge < -0.3 is 35.2 Å². The van der Waals surface area contributed by atoms with E-state index in [9.17, 15) is 20.4 Å². The van der Waals surface area contributed by atoms with Gasteiger partial charge in [0.2, 0.25) is 0 Å². The molecule has 0 aromatic rings. The van der Waals surface area contributed by atoms with E-state index in [4.69, 9.17) is 9.47 Å². The summed E-state index contributed by atoms with van der Waals surface area (Å²) in [7, 11) is 0. The maximum absolute atomic E-state index is 10.1. The first kappa shape index (κ1) is 17.0. The minimum atomic E-state index is -1.39. The van der Waals surface area contributed by atoms with E-state index in [-0.39, 0.29) is 6.10 Å². The van der Waals surface area contributed by atoms with Gasteiger partial charge in [-0.2, -0.15) is 0 Å². The number of rotatable bonds is 3. The first-order valence-corrected chi connectivity index (χ1v) is 8.76. The van der Waals surface area contributed by atoms with Crippen LogP contribution >= 0.6 is 15.9 Å². The molecule has 1 aliphatic carbocycles. The number of alkyl halides is 1. The standard InChI is InChI=1S/C14H24BrNO6/c15-6-1-2-8-7(3-6)9(4-16-8)21-14-13(20)12(19)11(18)10(5-17)22-14/h6-14,16-20H,1-5H2/t6?,7?,8?,9?,10-,11-,12+,13-,14-/m1/s1. The SMILES string of the molecule is OC[C@H]1O[C@@H](OC2CNC3CCC(Br)CC32)[C@H](O)[C@@H](O)[C@@H]1O. The van der Waals surface area contributed by atoms with Gasteiger partial charge in [-0.15, -0.1) is 0 Å². The Bertz CT molecular complexity index is 386. The predicted octanol–water partition coefficient (Wildman–Crippen LogP) is -1.29. The second-order valence-corrected chi connectivity index (χ2v) is 7.76. The van der Waals surface area contributed by atoms with Gasteiger partial charge in [0, 0.05) is 23.3 Å². The van der Waals surface area contributed by atoms with Crippen LogP contribution in [-0.4, -0.2) is 81.3 Å². The number of fused-ring (bicyclic) bond motifs is 1. The zero-order chi connectivity index (χ0) is 15.9. The van der Waals surface area contributed by atoms with E-state index >= 15 is 0 Å². The van der Waals surface area contributed by atoms with Gasteiger partial charge in [-0.25, -0.2) is 0 Å². The summed E-state index contributed by atoms with van der Waals surface area (Å²) < 4.78 is 11.3. The molecule has 5 N–H and O–H groups in total. The number of hydrogen-bond donors (Lipinski definition) is 5. The normalized spacial score (nSPS) is 52.5. The molecule has 22 heavy (non-hydrogen) atoms. The minimum absolute atomic E-state index is 0.119. The molecule has 3 fully saturated rings. The van der Waals surface area contributed by atoms with Crippen molar-refractivity contribution in [1.29, 1.82) is 0 Å². The number of hydrogen-bond acceptors (Lipinski definition) is 7. The van der Waals surface area contributed by atoms with E-state index in [1.54, 1.807) is 0 Å². The van der Waals surface area contributed by atoms with Crippen LogP contribution in [0.15, 0.2) is 0 Å². The van der Waals surface area contributed by atoms with Gasteiger partial charge in [-0.05, 0) is 19.3 Å². The fourth-order valence-corrected chi connectivity index (χ4v) is 4.43. The summed E-state index contributed by atoms with van der Waals surface area (Å²) in [6, 6.07) is 0.406. The molecule has 3 aliphatic rings. The van der Waals surface area contributed by atoms with E-state index < -0.39 is 37.3 Å². The van der Waals surface area contributed by atoms with E-state index in [2.05, 4.69) is 21.2 Å². The minimum Gasteiger partial charge on any atom is -0.394 e. The Morgan fingerprint density at radius 1 is 1.14 bits per heavy atom. The van der Waals surface area contributed by atoms with Gasteiger partial charge in [-0.1, -0.05) is 15.9 Å². The van der Waals surface area contributed by atoms with Crippen LogP contribution in [0.25, 0.3) is 0 Å². The number of aliphatic hydroxyl groups excluding tert-OH is 4. The summed E-state index contributed by atoms with van der Waals surface area (Å²) >= 11 is 3.66. The lowest BCUT2D eigenvalue weighted by atomic mass is 9.84. The second-order valence-electron chi connectivity index (χ2n) is 6.46. The van der Waals surface area contributed by atoms with Crippen molar-refractivity contribution in [3.63, 3.8) is 0 Å². The molecule has 128 valence electrons. The third-order valence-corrected chi connectivity index (χ3v) is 5.88. The lowest BCUT2D eigenvalue weighted by Crippen LogP contribution is -2.60. The van der Waals surface area contributed by atoms with Gasteiger partial charge in [0.15, 0.2) is 6.29 Å². The van der Waals surface area contributed by atoms with Gasteiger partial charge in [0.1, 0.15) is 24.4 Å². The molecule has 0 amide bonds. The fraction of sp³-hybridized carbons (Fsp3) is 1.00. The summed E-state index contributed by atoms with van der Waals surface area (Å²) in [6.07, 6.45) is -2.98. The smallest absolute Gasteiger partial charge is 0.187 e. The molecule has 0 aromatic heterocycles. The number of halogens is 1. The summed E-state index contributed by atoms with van der Waals surface area (Å²) in [5.41, 5.74) is 0. The van der Waals surface area contributed by atoms with Crippen molar-refractivity contribution in [3.05, 3.63) is 0 Å². The third-order valence-electron chi connectivity index (χ3n) is 5.05. The van der Waals surface area contributed by atoms with Crippen LogP contribution in [0.3, 0.4) is 0 Å². The molecule has 3 rings (SSSR count). The molecule has 8 heteroatoms. The van der Waals surface area contributed by atoms with Crippen molar-refractivity contribution in [2.45, 2.75) is 66.9 Å². The lowest BCUT2D eigenvalue weighted by molar-refractivity contribution is -0.312. The number of ether oxygens (including phenoxy) is 2. The van der Waals surface area contributed by atoms with Crippen LogP contribution in [-0.2, 0) is 9.47 Å². The molecule has 0 aromatic carbocycles. The predicted molar refractivity (Wildman–Crippen MR) is 80.5 cm³/mol. The van der Waals surface area contributed by atoms with Crippen molar-refractivity contribution in [2.24, 2.45) is 5.92 Å². The Morgan fingerprint density at radius 2 is 1.91 bits per heavy atom. The lowest BCUT2D eigenvalue weighted by Gasteiger charge is -2.41. The van der Waals surface area contributed by atoms with Crippen LogP contribution in [0, 0.1) is 5.92 Å². The molecular formula is C14H24BrNO6. The van der Waals surface area contributed by atoms with E-state index in [0.717, 1.165) is 19.3 Å². The molecule has 0 radical (unpaired) electrons. The summed E-state index contributed by atoms with van der Waals surface area (Å²) in [6.45, 7) is 0.229. The summed E-state index contributed by atoms with van der Waals surface area (Å²) in [5.74, 6) is 0.325. The summed E-state index contributed by atoms with van der Waals surface area (Å²) in [4.78, 5) is 0.467. The van der Waals surface area contributed by atoms with Crippen LogP contribution in [0.5, 0.6) is 0 Å². The molecule has 9 atom stereocenters. The van der Waals surface area contributed by atoms with Crippen molar-refractivity contribution in [2.75, 3.05) is 13.2 Å². The first-order chi connectivity index (χ1) is 10.5. The molecule has 7 nitrogen and oxygen atoms in total. The number of aliphatic hydroxyl groups is 4. The van der Waals surface area contributed by atoms with Crippen molar-refractivity contribution in [1.82, 2.24) is 5.32 Å². The maximum atomic E-state index is 10.1. The van der Waals surface area contributed by atoms with Gasteiger partial charge in [0.25, 0.3) is 0 Å². The van der Waals surface area contributed by atoms with Crippen molar-refractivity contribution < 1.29 is 29.9 Å². The molecular weight excluding hydrogens is 358 g/mol. The molecule has 4 unspecified atom stereocenters. The molecule has 2 aliphatic heterocycles. The zero-order valence-corrected chi connectivity index (χ0v) is 13.8. The largest absolute Gasteiger partial charge is 0.394 e. The highest BCUT2D eigenvalue weighted by molar-refractivity contribution is 9.09. The molecule has 1 saturated carbocycles. The van der Waals surface area contributed by atoms with E-state index in [1.165, 1.54) is 0 Å². The van der Waals surface area contributed by atoms with Crippen LogP contribution in [0.1, 0.15) is 19.3 Å². The van der Waals surface area contributed by atoms with E-state index in [0.29, 0.717) is 23.3 Å². The molecule has 0 bridgehead atoms. The first-order valence-electron chi connectivity index (χ1n) is 7.84. The Labute approximate surface area is 137 Å². The van der Waals surface area contributed by atoms with Crippen LogP contribution < -0.4 is 5.32 Å². The Hall–Kier alpha value is 0.200. The Kier molecular flexibility index (Phi) is 5.41. The third kappa shape index (κ3) is 3.21. The van der Waals surface area contributed by atoms with Crippen LogP contribution in [0.2, 0.25) is 0 Å². The molecule has 2 heterocycles. The summed E-state index contributed by atoms with van der Waals surface area (Å²) in [5, 5.41) is 42.3. The Morgan fingerprint density at radius 3 is 2.64 bits per heavy atom. The zero-order valence-electron chi connectivity index (χ0n) is 12.2. The quantitative estimate of drug-likeness (QED) is 0.386. The topological polar surface area (TPSA) is 111 Å². The van der Waals surface area contributed by atoms with Crippen molar-refractivity contribution >= 4 is 15.9 Å². The van der Waals surface area contributed by atoms with Crippen molar-refractivity contribution in [3.8, 4) is 0 Å². The van der Waals surface area contributed by atoms with Gasteiger partial charge in [0.05, 0.1) is 12.7 Å². The highest BCUT2D eigenvalue weighted by Crippen LogP contribution is 2.37. The average Bonchev–Trinajstić information content (AvgIpc) is 2.90. The van der Waals surface area contributed by atoms with Gasteiger partial charge in [-0.3, -0.25) is 0 Å². The second kappa shape index (κ2) is 6.98. The van der Waals surface area contributed by atoms with Gasteiger partial charge >= 0.3 is 0 Å². The molecule has 2 saturated heterocycles. The Balaban J connectivity index is 1.64. The highest BCUT2D eigenvalue weighted by Gasteiger charge is 2.47. The average molecular weight is 382 g/mol. The maximum Gasteiger partial charge on any atom is 0.187 e. The van der Waals surface area contributed by atoms with Crippen LogP contribution in [0.4, 0.5) is 0 Å². The highest BCUT2D eigenvalue weighted by atomic mass is 79.9. The fourth-order valence-electron chi connectivity index (χ4n) is 3.74. The number of nitrogens with one attached hydrogen (secondary N) is 1. The monoisotopic (exact) mass is 381 g/mol. The van der Waals surface area contributed by atoms with E-state index in [1.807, 2.05) is 0 Å². The molecule has 0 spiro atoms.